The number of hydrogen-bond acceptors (Lipinski definition) is 6. The van der Waals surface area contributed by atoms with E-state index >= 15 is 0 Å². The molecule has 3 aromatic rings. The molecule has 1 saturated carbocycles. The van der Waals surface area contributed by atoms with Gasteiger partial charge in [0, 0.05) is 10.7 Å². The van der Waals surface area contributed by atoms with E-state index in [0.29, 0.717) is 21.8 Å². The molecular weight excluding hydrogens is 446 g/mol. The van der Waals surface area contributed by atoms with Gasteiger partial charge in [-0.1, -0.05) is 35.5 Å². The monoisotopic (exact) mass is 467 g/mol. The number of methoxy groups -OCH3 is 1. The number of para-hydroxylation sites is 1. The first-order valence-corrected chi connectivity index (χ1v) is 11.5. The number of hydrogen-bond donors (Lipinski definition) is 1. The normalized spacial score (nSPS) is 14.9. The zero-order valence-electron chi connectivity index (χ0n) is 17.7. The second-order valence-electron chi connectivity index (χ2n) is 7.74. The summed E-state index contributed by atoms with van der Waals surface area (Å²) in [5.41, 5.74) is 0.756. The van der Waals surface area contributed by atoms with Gasteiger partial charge in [-0.3, -0.25) is 9.36 Å². The zero-order chi connectivity index (χ0) is 22.7. The van der Waals surface area contributed by atoms with Crippen molar-refractivity contribution in [3.8, 4) is 28.9 Å². The van der Waals surface area contributed by atoms with Crippen molar-refractivity contribution in [3.05, 3.63) is 53.6 Å². The van der Waals surface area contributed by atoms with Crippen molar-refractivity contribution < 1.29 is 9.53 Å². The molecule has 0 unspecified atom stereocenters. The standard InChI is InChI=1S/C23H22ClN5O2S/c1-23(14-25,15-7-8-15)26-20(30)13-32-22-28-27-21(18-5-3-4-6-19(18)31-2)29(22)17-11-9-16(24)10-12-17/h3-6,9-12,15H,7-8,13H2,1-2H3,(H,26,30)/t23-/m0/s1. The molecular formula is C23H22ClN5O2S. The molecule has 2 aromatic carbocycles. The number of thioether (sulfide) groups is 1. The smallest absolute Gasteiger partial charge is 0.231 e. The lowest BCUT2D eigenvalue weighted by atomic mass is 9.98. The van der Waals surface area contributed by atoms with Crippen LogP contribution in [0, 0.1) is 17.2 Å². The number of carbonyl (C=O) groups excluding carboxylic acids is 1. The van der Waals surface area contributed by atoms with Crippen LogP contribution in [0.15, 0.2) is 53.7 Å². The summed E-state index contributed by atoms with van der Waals surface area (Å²) in [6, 6.07) is 17.1. The lowest BCUT2D eigenvalue weighted by molar-refractivity contribution is -0.119. The van der Waals surface area contributed by atoms with Crippen molar-refractivity contribution in [2.75, 3.05) is 12.9 Å². The van der Waals surface area contributed by atoms with Gasteiger partial charge in [0.2, 0.25) is 5.91 Å². The van der Waals surface area contributed by atoms with Gasteiger partial charge in [-0.15, -0.1) is 10.2 Å². The Morgan fingerprint density at radius 1 is 1.28 bits per heavy atom. The van der Waals surface area contributed by atoms with Gasteiger partial charge in [0.15, 0.2) is 11.0 Å². The highest BCUT2D eigenvalue weighted by Gasteiger charge is 2.43. The van der Waals surface area contributed by atoms with Gasteiger partial charge < -0.3 is 10.1 Å². The summed E-state index contributed by atoms with van der Waals surface area (Å²) in [7, 11) is 1.61. The molecule has 32 heavy (non-hydrogen) atoms. The quantitative estimate of drug-likeness (QED) is 0.490. The number of nitrogens with zero attached hydrogens (tertiary/aromatic N) is 4. The van der Waals surface area contributed by atoms with Crippen molar-refractivity contribution in [1.29, 1.82) is 5.26 Å². The second-order valence-corrected chi connectivity index (χ2v) is 9.12. The third-order valence-electron chi connectivity index (χ3n) is 5.42. The summed E-state index contributed by atoms with van der Waals surface area (Å²) in [6.45, 7) is 1.78. The van der Waals surface area contributed by atoms with Crippen LogP contribution < -0.4 is 10.1 Å². The predicted octanol–water partition coefficient (Wildman–Crippen LogP) is 4.50. The minimum absolute atomic E-state index is 0.113. The first kappa shape index (κ1) is 22.2. The number of ether oxygens (including phenoxy) is 1. The highest BCUT2D eigenvalue weighted by molar-refractivity contribution is 7.99. The van der Waals surface area contributed by atoms with Crippen LogP contribution in [0.5, 0.6) is 5.75 Å². The minimum Gasteiger partial charge on any atom is -0.496 e. The van der Waals surface area contributed by atoms with E-state index in [-0.39, 0.29) is 17.6 Å². The fourth-order valence-electron chi connectivity index (χ4n) is 3.53. The lowest BCUT2D eigenvalue weighted by Crippen LogP contribution is -2.47. The van der Waals surface area contributed by atoms with Crippen LogP contribution >= 0.6 is 23.4 Å². The molecule has 1 N–H and O–H groups in total. The Kier molecular flexibility index (Phi) is 6.40. The summed E-state index contributed by atoms with van der Waals surface area (Å²) >= 11 is 7.34. The fraction of sp³-hybridized carbons (Fsp3) is 0.304. The first-order valence-electron chi connectivity index (χ1n) is 10.1. The summed E-state index contributed by atoms with van der Waals surface area (Å²) in [5.74, 6) is 1.37. The maximum Gasteiger partial charge on any atom is 0.231 e. The number of halogens is 1. The topological polar surface area (TPSA) is 92.8 Å². The van der Waals surface area contributed by atoms with Crippen LogP contribution in [0.25, 0.3) is 17.1 Å². The molecule has 1 aliphatic rings. The third-order valence-corrected chi connectivity index (χ3v) is 6.60. The number of nitriles is 1. The maximum atomic E-state index is 12.6. The van der Waals surface area contributed by atoms with E-state index in [0.717, 1.165) is 24.1 Å². The van der Waals surface area contributed by atoms with E-state index in [1.165, 1.54) is 11.8 Å². The van der Waals surface area contributed by atoms with E-state index in [9.17, 15) is 10.1 Å². The van der Waals surface area contributed by atoms with E-state index in [1.54, 1.807) is 26.2 Å². The number of benzene rings is 2. The van der Waals surface area contributed by atoms with Crippen molar-refractivity contribution in [2.45, 2.75) is 30.5 Å². The van der Waals surface area contributed by atoms with E-state index in [2.05, 4.69) is 21.6 Å². The highest BCUT2D eigenvalue weighted by Crippen LogP contribution is 2.39. The van der Waals surface area contributed by atoms with Crippen LogP contribution in [0.1, 0.15) is 19.8 Å². The Hall–Kier alpha value is -3.02. The molecule has 0 radical (unpaired) electrons. The van der Waals surface area contributed by atoms with Crippen LogP contribution in [0.4, 0.5) is 0 Å². The number of carbonyl (C=O) groups is 1. The van der Waals surface area contributed by atoms with Crippen LogP contribution in [0.2, 0.25) is 5.02 Å². The zero-order valence-corrected chi connectivity index (χ0v) is 19.3. The molecule has 0 aliphatic heterocycles. The summed E-state index contributed by atoms with van der Waals surface area (Å²) in [6.07, 6.45) is 1.93. The fourth-order valence-corrected chi connectivity index (χ4v) is 4.41. The van der Waals surface area contributed by atoms with E-state index < -0.39 is 5.54 Å². The molecule has 0 bridgehead atoms. The molecule has 0 spiro atoms. The van der Waals surface area contributed by atoms with E-state index in [1.807, 2.05) is 41.0 Å². The largest absolute Gasteiger partial charge is 0.496 e. The molecule has 4 rings (SSSR count). The SMILES string of the molecule is COc1ccccc1-c1nnc(SCC(=O)N[C@@](C)(C#N)C2CC2)n1-c1ccc(Cl)cc1. The maximum absolute atomic E-state index is 12.6. The average Bonchev–Trinajstić information content (AvgIpc) is 3.59. The Morgan fingerprint density at radius 2 is 2.00 bits per heavy atom. The van der Waals surface area contributed by atoms with Gasteiger partial charge >= 0.3 is 0 Å². The van der Waals surface area contributed by atoms with Gasteiger partial charge in [0.05, 0.1) is 24.5 Å². The number of amides is 1. The molecule has 0 saturated heterocycles. The minimum atomic E-state index is -0.829. The third kappa shape index (κ3) is 4.59. The molecule has 1 aliphatic carbocycles. The van der Waals surface area contributed by atoms with Crippen LogP contribution in [-0.4, -0.2) is 39.1 Å². The van der Waals surface area contributed by atoms with Crippen molar-refractivity contribution in [3.63, 3.8) is 0 Å². The molecule has 1 heterocycles. The summed E-state index contributed by atoms with van der Waals surface area (Å²) in [5, 5.41) is 22.3. The van der Waals surface area contributed by atoms with Gasteiger partial charge in [-0.25, -0.2) is 0 Å². The Labute approximate surface area is 195 Å². The van der Waals surface area contributed by atoms with Gasteiger partial charge in [-0.2, -0.15) is 5.26 Å². The van der Waals surface area contributed by atoms with Gasteiger partial charge in [-0.05, 0) is 62.1 Å². The molecule has 1 aromatic heterocycles. The first-order chi connectivity index (χ1) is 15.4. The number of aromatic nitrogens is 3. The Bertz CT molecular complexity index is 1170. The molecule has 1 atom stereocenters. The van der Waals surface area contributed by atoms with Crippen LogP contribution in [-0.2, 0) is 4.79 Å². The number of rotatable bonds is 8. The van der Waals surface area contributed by atoms with Gasteiger partial charge in [0.25, 0.3) is 0 Å². The highest BCUT2D eigenvalue weighted by atomic mass is 35.5. The predicted molar refractivity (Wildman–Crippen MR) is 124 cm³/mol. The van der Waals surface area contributed by atoms with E-state index in [4.69, 9.17) is 16.3 Å². The summed E-state index contributed by atoms with van der Waals surface area (Å²) in [4.78, 5) is 12.6. The average molecular weight is 468 g/mol. The van der Waals surface area contributed by atoms with Crippen LogP contribution in [0.3, 0.4) is 0 Å². The molecule has 9 heteroatoms. The van der Waals surface area contributed by atoms with Gasteiger partial charge in [0.1, 0.15) is 11.3 Å². The van der Waals surface area contributed by atoms with Crippen molar-refractivity contribution in [1.82, 2.24) is 20.1 Å². The number of nitrogens with one attached hydrogen (secondary N) is 1. The second kappa shape index (κ2) is 9.23. The molecule has 7 nitrogen and oxygen atoms in total. The molecule has 1 fully saturated rings. The lowest BCUT2D eigenvalue weighted by Gasteiger charge is -2.22. The van der Waals surface area contributed by atoms with Crippen molar-refractivity contribution >= 4 is 29.3 Å². The molecule has 164 valence electrons. The Morgan fingerprint density at radius 3 is 2.66 bits per heavy atom. The summed E-state index contributed by atoms with van der Waals surface area (Å²) < 4.78 is 7.38. The Balaban J connectivity index is 1.64. The van der Waals surface area contributed by atoms with Crippen molar-refractivity contribution in [2.24, 2.45) is 5.92 Å². The molecule has 1 amide bonds.